The maximum atomic E-state index is 12.8. The first-order valence-electron chi connectivity index (χ1n) is 9.90. The van der Waals surface area contributed by atoms with Crippen LogP contribution in [0.1, 0.15) is 21.6 Å². The smallest absolute Gasteiger partial charge is 0.416 e. The molecule has 1 N–H and O–H groups in total. The van der Waals surface area contributed by atoms with Crippen LogP contribution >= 0.6 is 34.8 Å². The highest BCUT2D eigenvalue weighted by Crippen LogP contribution is 2.31. The van der Waals surface area contributed by atoms with Gasteiger partial charge in [-0.25, -0.2) is 4.68 Å². The third-order valence-electron chi connectivity index (χ3n) is 4.68. The maximum Gasteiger partial charge on any atom is 0.416 e. The molecule has 0 aliphatic rings. The van der Waals surface area contributed by atoms with Gasteiger partial charge in [0, 0.05) is 12.4 Å². The normalized spacial score (nSPS) is 11.5. The second-order valence-electron chi connectivity index (χ2n) is 7.27. The van der Waals surface area contributed by atoms with E-state index in [1.165, 1.54) is 33.8 Å². The summed E-state index contributed by atoms with van der Waals surface area (Å²) in [5.41, 5.74) is 0.0368. The van der Waals surface area contributed by atoms with Crippen molar-refractivity contribution in [1.82, 2.24) is 19.6 Å². The van der Waals surface area contributed by atoms with Gasteiger partial charge in [-0.2, -0.15) is 23.4 Å². The fraction of sp³-hybridized carbons (Fsp3) is 0.136. The monoisotopic (exact) mass is 543 g/mol. The van der Waals surface area contributed by atoms with Crippen LogP contribution < -0.4 is 10.1 Å². The molecule has 0 bridgehead atoms. The number of benzene rings is 2. The second kappa shape index (κ2) is 10.2. The number of carbonyl (C=O) groups is 1. The molecule has 0 spiro atoms. The van der Waals surface area contributed by atoms with Crippen molar-refractivity contribution in [3.8, 4) is 5.75 Å². The van der Waals surface area contributed by atoms with Crippen molar-refractivity contribution in [1.29, 1.82) is 0 Å². The minimum atomic E-state index is -4.48. The van der Waals surface area contributed by atoms with Crippen LogP contribution in [0.25, 0.3) is 0 Å². The zero-order valence-electron chi connectivity index (χ0n) is 17.6. The van der Waals surface area contributed by atoms with Crippen molar-refractivity contribution in [3.05, 3.63) is 92.8 Å². The Labute approximate surface area is 212 Å². The maximum absolute atomic E-state index is 12.8. The van der Waals surface area contributed by atoms with Crippen LogP contribution in [-0.2, 0) is 19.5 Å². The molecule has 13 heteroatoms. The van der Waals surface area contributed by atoms with Gasteiger partial charge in [-0.05, 0) is 42.0 Å². The molecule has 35 heavy (non-hydrogen) atoms. The molecule has 2 heterocycles. The number of hydrogen-bond acceptors (Lipinski definition) is 4. The number of amides is 1. The Morgan fingerprint density at radius 3 is 2.51 bits per heavy atom. The highest BCUT2D eigenvalue weighted by molar-refractivity contribution is 6.42. The standard InChI is InChI=1S/C22H15Cl3F3N5O2/c23-16-5-4-13(8-17(16)24)10-33-11-18(25)20(31-33)29-21(34)19-6-7-32(30-19)12-35-15-3-1-2-14(9-15)22(26,27)28/h1-9,11H,10,12H2,(H,29,31,34). The fourth-order valence-electron chi connectivity index (χ4n) is 3.02. The van der Waals surface area contributed by atoms with Crippen LogP contribution in [0.4, 0.5) is 19.0 Å². The third-order valence-corrected chi connectivity index (χ3v) is 5.69. The molecule has 0 saturated heterocycles. The van der Waals surface area contributed by atoms with Gasteiger partial charge in [-0.3, -0.25) is 9.48 Å². The first-order chi connectivity index (χ1) is 16.6. The molecule has 182 valence electrons. The lowest BCUT2D eigenvalue weighted by Crippen LogP contribution is -2.15. The zero-order chi connectivity index (χ0) is 25.2. The number of ether oxygens (including phenoxy) is 1. The summed E-state index contributed by atoms with van der Waals surface area (Å²) in [6.45, 7) is 0.140. The van der Waals surface area contributed by atoms with Crippen molar-refractivity contribution in [2.45, 2.75) is 19.5 Å². The lowest BCUT2D eigenvalue weighted by atomic mass is 10.2. The van der Waals surface area contributed by atoms with Gasteiger partial charge in [0.25, 0.3) is 5.91 Å². The molecule has 4 rings (SSSR count). The number of carbonyl (C=O) groups excluding carboxylic acids is 1. The van der Waals surface area contributed by atoms with E-state index in [0.29, 0.717) is 16.6 Å². The van der Waals surface area contributed by atoms with Crippen molar-refractivity contribution in [2.24, 2.45) is 0 Å². The zero-order valence-corrected chi connectivity index (χ0v) is 19.8. The Morgan fingerprint density at radius 1 is 0.971 bits per heavy atom. The topological polar surface area (TPSA) is 74.0 Å². The predicted molar refractivity (Wildman–Crippen MR) is 125 cm³/mol. The summed E-state index contributed by atoms with van der Waals surface area (Å²) in [7, 11) is 0. The summed E-state index contributed by atoms with van der Waals surface area (Å²) >= 11 is 18.1. The molecule has 0 atom stereocenters. The molecule has 0 aliphatic heterocycles. The van der Waals surface area contributed by atoms with E-state index in [1.807, 2.05) is 0 Å². The lowest BCUT2D eigenvalue weighted by molar-refractivity contribution is -0.137. The van der Waals surface area contributed by atoms with Gasteiger partial charge in [-0.1, -0.05) is 46.9 Å². The summed E-state index contributed by atoms with van der Waals surface area (Å²) in [6.07, 6.45) is -1.49. The Bertz CT molecular complexity index is 1370. The second-order valence-corrected chi connectivity index (χ2v) is 8.49. The van der Waals surface area contributed by atoms with E-state index in [9.17, 15) is 18.0 Å². The molecule has 4 aromatic rings. The lowest BCUT2D eigenvalue weighted by Gasteiger charge is -2.10. The van der Waals surface area contributed by atoms with E-state index < -0.39 is 17.6 Å². The molecule has 2 aromatic carbocycles. The van der Waals surface area contributed by atoms with Crippen molar-refractivity contribution >= 4 is 46.5 Å². The number of rotatable bonds is 7. The minimum Gasteiger partial charge on any atom is -0.471 e. The highest BCUT2D eigenvalue weighted by Gasteiger charge is 2.30. The molecule has 0 radical (unpaired) electrons. The first kappa shape index (κ1) is 24.9. The molecule has 0 unspecified atom stereocenters. The summed E-state index contributed by atoms with van der Waals surface area (Å²) in [5, 5.41) is 12.0. The molecule has 0 aliphatic carbocycles. The molecular formula is C22H15Cl3F3N5O2. The van der Waals surface area contributed by atoms with Crippen LogP contribution in [0.2, 0.25) is 15.1 Å². The molecule has 0 fully saturated rings. The predicted octanol–water partition coefficient (Wildman–Crippen LogP) is 6.40. The number of halogens is 6. The molecule has 2 aromatic heterocycles. The quantitative estimate of drug-likeness (QED) is 0.292. The molecule has 0 saturated carbocycles. The summed E-state index contributed by atoms with van der Waals surface area (Å²) in [5.74, 6) is -0.434. The molecule has 1 amide bonds. The third kappa shape index (κ3) is 6.27. The fourth-order valence-corrected chi connectivity index (χ4v) is 3.54. The van der Waals surface area contributed by atoms with Gasteiger partial charge >= 0.3 is 6.18 Å². The number of alkyl halides is 3. The molecule has 7 nitrogen and oxygen atoms in total. The van der Waals surface area contributed by atoms with E-state index in [0.717, 1.165) is 17.7 Å². The number of aromatic nitrogens is 4. The first-order valence-corrected chi connectivity index (χ1v) is 11.0. The SMILES string of the molecule is O=C(Nc1nn(Cc2ccc(Cl)c(Cl)c2)cc1Cl)c1ccn(COc2cccc(C(F)(F)F)c2)n1. The average molecular weight is 545 g/mol. The number of nitrogens with one attached hydrogen (secondary N) is 1. The number of anilines is 1. The van der Waals surface area contributed by atoms with Gasteiger partial charge in [0.05, 0.1) is 22.2 Å². The van der Waals surface area contributed by atoms with E-state index in [1.54, 1.807) is 24.4 Å². The number of nitrogens with zero attached hydrogens (tertiary/aromatic N) is 4. The van der Waals surface area contributed by atoms with Crippen LogP contribution in [0.3, 0.4) is 0 Å². The van der Waals surface area contributed by atoms with Crippen molar-refractivity contribution in [3.63, 3.8) is 0 Å². The van der Waals surface area contributed by atoms with Crippen LogP contribution in [-0.4, -0.2) is 25.5 Å². The van der Waals surface area contributed by atoms with Gasteiger partial charge in [0.1, 0.15) is 10.8 Å². The highest BCUT2D eigenvalue weighted by atomic mass is 35.5. The van der Waals surface area contributed by atoms with Crippen LogP contribution in [0.5, 0.6) is 5.75 Å². The largest absolute Gasteiger partial charge is 0.471 e. The Kier molecular flexibility index (Phi) is 7.25. The average Bonchev–Trinajstić information content (AvgIpc) is 3.41. The van der Waals surface area contributed by atoms with E-state index in [-0.39, 0.29) is 29.0 Å². The summed E-state index contributed by atoms with van der Waals surface area (Å²) < 4.78 is 46.6. The van der Waals surface area contributed by atoms with E-state index in [4.69, 9.17) is 39.5 Å². The van der Waals surface area contributed by atoms with Gasteiger partial charge < -0.3 is 10.1 Å². The Balaban J connectivity index is 1.37. The van der Waals surface area contributed by atoms with E-state index in [2.05, 4.69) is 15.5 Å². The van der Waals surface area contributed by atoms with Crippen LogP contribution in [0, 0.1) is 0 Å². The van der Waals surface area contributed by atoms with Crippen molar-refractivity contribution < 1.29 is 22.7 Å². The molecular weight excluding hydrogens is 530 g/mol. The van der Waals surface area contributed by atoms with Gasteiger partial charge in [0.2, 0.25) is 0 Å². The summed E-state index contributed by atoms with van der Waals surface area (Å²) in [4.78, 5) is 12.6. The summed E-state index contributed by atoms with van der Waals surface area (Å²) in [6, 6.07) is 11.0. The Hall–Kier alpha value is -3.21. The van der Waals surface area contributed by atoms with Crippen LogP contribution in [0.15, 0.2) is 60.9 Å². The number of hydrogen-bond donors (Lipinski definition) is 1. The van der Waals surface area contributed by atoms with Crippen molar-refractivity contribution in [2.75, 3.05) is 5.32 Å². The Morgan fingerprint density at radius 2 is 1.77 bits per heavy atom. The van der Waals surface area contributed by atoms with Gasteiger partial charge in [0.15, 0.2) is 18.2 Å². The van der Waals surface area contributed by atoms with Gasteiger partial charge in [-0.15, -0.1) is 0 Å². The van der Waals surface area contributed by atoms with E-state index >= 15 is 0 Å². The minimum absolute atomic E-state index is 0.0145.